The van der Waals surface area contributed by atoms with Crippen molar-refractivity contribution in [2.75, 3.05) is 13.1 Å². The van der Waals surface area contributed by atoms with Gasteiger partial charge in [-0.05, 0) is 31.2 Å². The lowest BCUT2D eigenvalue weighted by Crippen LogP contribution is -2.46. The Bertz CT molecular complexity index is 825. The van der Waals surface area contributed by atoms with E-state index in [9.17, 15) is 23.9 Å². The number of halogens is 1. The van der Waals surface area contributed by atoms with Crippen molar-refractivity contribution in [3.63, 3.8) is 0 Å². The fourth-order valence-electron chi connectivity index (χ4n) is 2.34. The average molecular weight is 347 g/mol. The molecule has 0 fully saturated rings. The van der Waals surface area contributed by atoms with E-state index in [0.717, 1.165) is 4.90 Å². The van der Waals surface area contributed by atoms with E-state index in [1.54, 1.807) is 0 Å². The van der Waals surface area contributed by atoms with Gasteiger partial charge in [0.25, 0.3) is 5.91 Å². The minimum atomic E-state index is -1.17. The van der Waals surface area contributed by atoms with E-state index >= 15 is 0 Å². The Morgan fingerprint density at radius 2 is 2.04 bits per heavy atom. The molecule has 0 spiro atoms. The lowest BCUT2D eigenvalue weighted by molar-refractivity contribution is -0.141. The van der Waals surface area contributed by atoms with Crippen molar-refractivity contribution in [1.29, 1.82) is 0 Å². The molecule has 0 saturated heterocycles. The lowest BCUT2D eigenvalue weighted by Gasteiger charge is -2.26. The fourth-order valence-corrected chi connectivity index (χ4v) is 2.34. The van der Waals surface area contributed by atoms with Crippen molar-refractivity contribution in [2.45, 2.75) is 19.9 Å². The number of rotatable bonds is 6. The van der Waals surface area contributed by atoms with E-state index in [-0.39, 0.29) is 24.6 Å². The van der Waals surface area contributed by atoms with Crippen LogP contribution in [0.15, 0.2) is 30.5 Å². The van der Waals surface area contributed by atoms with Crippen LogP contribution in [0.25, 0.3) is 10.9 Å². The number of nitrogens with zero attached hydrogens (tertiary/aromatic N) is 2. The van der Waals surface area contributed by atoms with Crippen molar-refractivity contribution in [1.82, 2.24) is 15.2 Å². The summed E-state index contributed by atoms with van der Waals surface area (Å²) < 4.78 is 13.4. The minimum Gasteiger partial charge on any atom is -0.480 e. The van der Waals surface area contributed by atoms with E-state index < -0.39 is 23.7 Å². The molecule has 132 valence electrons. The predicted molar refractivity (Wildman–Crippen MR) is 88.5 cm³/mol. The van der Waals surface area contributed by atoms with Crippen molar-refractivity contribution < 1.29 is 23.9 Å². The number of fused-ring (bicyclic) bond motifs is 1. The maximum atomic E-state index is 13.4. The van der Waals surface area contributed by atoms with Crippen LogP contribution in [0.5, 0.6) is 0 Å². The summed E-state index contributed by atoms with van der Waals surface area (Å²) in [6.07, 6.45) is 1.32. The van der Waals surface area contributed by atoms with Crippen molar-refractivity contribution >= 4 is 28.7 Å². The third-order valence-electron chi connectivity index (χ3n) is 3.70. The van der Waals surface area contributed by atoms with Gasteiger partial charge in [0.1, 0.15) is 11.9 Å². The molecule has 1 aromatic carbocycles. The second-order valence-corrected chi connectivity index (χ2v) is 5.56. The first-order valence-corrected chi connectivity index (χ1v) is 7.63. The highest BCUT2D eigenvalue weighted by atomic mass is 19.1. The molecule has 0 aliphatic heterocycles. The van der Waals surface area contributed by atoms with Gasteiger partial charge in [-0.1, -0.05) is 0 Å². The monoisotopic (exact) mass is 347 g/mol. The van der Waals surface area contributed by atoms with Crippen molar-refractivity contribution in [3.05, 3.63) is 41.8 Å². The van der Waals surface area contributed by atoms with Crippen LogP contribution in [-0.4, -0.2) is 51.9 Å². The Labute approximate surface area is 143 Å². The SMILES string of the molecule is CC(=O)NCCN(C(=O)c1cnc2ccc(F)cc2c1)C(C)C(=O)O. The maximum absolute atomic E-state index is 13.4. The van der Waals surface area contributed by atoms with E-state index in [2.05, 4.69) is 10.3 Å². The summed E-state index contributed by atoms with van der Waals surface area (Å²) in [4.78, 5) is 40.2. The first-order chi connectivity index (χ1) is 11.8. The molecule has 25 heavy (non-hydrogen) atoms. The number of aliphatic carboxylic acids is 1. The summed E-state index contributed by atoms with van der Waals surface area (Å²) in [7, 11) is 0. The van der Waals surface area contributed by atoms with Crippen LogP contribution >= 0.6 is 0 Å². The van der Waals surface area contributed by atoms with E-state index in [1.165, 1.54) is 44.3 Å². The van der Waals surface area contributed by atoms with Gasteiger partial charge in [-0.2, -0.15) is 0 Å². The Morgan fingerprint density at radius 1 is 1.32 bits per heavy atom. The van der Waals surface area contributed by atoms with Gasteiger partial charge in [0.2, 0.25) is 5.91 Å². The molecular formula is C17H18FN3O4. The molecule has 7 nitrogen and oxygen atoms in total. The number of hydrogen-bond donors (Lipinski definition) is 2. The smallest absolute Gasteiger partial charge is 0.326 e. The molecule has 2 aromatic rings. The molecule has 2 amide bonds. The van der Waals surface area contributed by atoms with Gasteiger partial charge in [0.05, 0.1) is 11.1 Å². The fraction of sp³-hybridized carbons (Fsp3) is 0.294. The van der Waals surface area contributed by atoms with Crippen molar-refractivity contribution in [2.24, 2.45) is 0 Å². The van der Waals surface area contributed by atoms with Gasteiger partial charge in [0, 0.05) is 31.6 Å². The van der Waals surface area contributed by atoms with Gasteiger partial charge in [0.15, 0.2) is 0 Å². The maximum Gasteiger partial charge on any atom is 0.326 e. The van der Waals surface area contributed by atoms with Gasteiger partial charge in [-0.25, -0.2) is 9.18 Å². The zero-order valence-electron chi connectivity index (χ0n) is 13.8. The summed E-state index contributed by atoms with van der Waals surface area (Å²) in [5, 5.41) is 12.2. The van der Waals surface area contributed by atoms with Gasteiger partial charge in [-0.15, -0.1) is 0 Å². The molecule has 0 bridgehead atoms. The quantitative estimate of drug-likeness (QED) is 0.823. The van der Waals surface area contributed by atoms with Crippen LogP contribution in [0, 0.1) is 5.82 Å². The molecular weight excluding hydrogens is 329 g/mol. The molecule has 0 aliphatic carbocycles. The summed E-state index contributed by atoms with van der Waals surface area (Å²) in [6.45, 7) is 2.85. The number of carboxylic acid groups (broad SMARTS) is 1. The second kappa shape index (κ2) is 7.69. The molecule has 0 aliphatic rings. The zero-order valence-corrected chi connectivity index (χ0v) is 13.8. The lowest BCUT2D eigenvalue weighted by atomic mass is 10.1. The van der Waals surface area contributed by atoms with Crippen LogP contribution in [0.4, 0.5) is 4.39 Å². The summed E-state index contributed by atoms with van der Waals surface area (Å²) in [5.74, 6) is -2.46. The first-order valence-electron chi connectivity index (χ1n) is 7.63. The van der Waals surface area contributed by atoms with Crippen LogP contribution in [0.2, 0.25) is 0 Å². The Hall–Kier alpha value is -3.03. The molecule has 0 saturated carbocycles. The van der Waals surface area contributed by atoms with Crippen LogP contribution in [-0.2, 0) is 9.59 Å². The number of carboxylic acids is 1. The molecule has 0 radical (unpaired) electrons. The largest absolute Gasteiger partial charge is 0.480 e. The average Bonchev–Trinajstić information content (AvgIpc) is 2.56. The number of carbonyl (C=O) groups is 3. The summed E-state index contributed by atoms with van der Waals surface area (Å²) in [5.41, 5.74) is 0.669. The van der Waals surface area contributed by atoms with E-state index in [4.69, 9.17) is 0 Å². The Balaban J connectivity index is 2.30. The number of nitrogens with one attached hydrogen (secondary N) is 1. The number of amides is 2. The topological polar surface area (TPSA) is 99.6 Å². The summed E-state index contributed by atoms with van der Waals surface area (Å²) in [6, 6.07) is 4.38. The number of aromatic nitrogens is 1. The second-order valence-electron chi connectivity index (χ2n) is 5.56. The van der Waals surface area contributed by atoms with Crippen molar-refractivity contribution in [3.8, 4) is 0 Å². The minimum absolute atomic E-state index is 0.0209. The predicted octanol–water partition coefficient (Wildman–Crippen LogP) is 1.43. The molecule has 2 N–H and O–H groups in total. The molecule has 1 unspecified atom stereocenters. The highest BCUT2D eigenvalue weighted by molar-refractivity contribution is 5.99. The Morgan fingerprint density at radius 3 is 2.68 bits per heavy atom. The van der Waals surface area contributed by atoms with E-state index in [0.29, 0.717) is 10.9 Å². The molecule has 2 rings (SSSR count). The van der Waals surface area contributed by atoms with Gasteiger partial charge >= 0.3 is 5.97 Å². The number of hydrogen-bond acceptors (Lipinski definition) is 4. The van der Waals surface area contributed by atoms with Crippen LogP contribution in [0.3, 0.4) is 0 Å². The number of pyridine rings is 1. The third kappa shape index (κ3) is 4.50. The number of benzene rings is 1. The summed E-state index contributed by atoms with van der Waals surface area (Å²) >= 11 is 0. The molecule has 1 heterocycles. The zero-order chi connectivity index (χ0) is 18.6. The first kappa shape index (κ1) is 18.3. The Kier molecular flexibility index (Phi) is 5.63. The van der Waals surface area contributed by atoms with Gasteiger partial charge in [-0.3, -0.25) is 14.6 Å². The molecule has 1 atom stereocenters. The normalized spacial score (nSPS) is 11.8. The van der Waals surface area contributed by atoms with Crippen LogP contribution < -0.4 is 5.32 Å². The highest BCUT2D eigenvalue weighted by Gasteiger charge is 2.26. The van der Waals surface area contributed by atoms with Gasteiger partial charge < -0.3 is 15.3 Å². The van der Waals surface area contributed by atoms with E-state index in [1.807, 2.05) is 0 Å². The molecule has 8 heteroatoms. The highest BCUT2D eigenvalue weighted by Crippen LogP contribution is 2.17. The standard InChI is InChI=1S/C17H18FN3O4/c1-10(17(24)25)21(6-5-19-11(2)22)16(23)13-7-12-8-14(18)3-4-15(12)20-9-13/h3-4,7-10H,5-6H2,1-2H3,(H,19,22)(H,24,25). The van der Waals surface area contributed by atoms with Crippen LogP contribution in [0.1, 0.15) is 24.2 Å². The number of carbonyl (C=O) groups excluding carboxylic acids is 2. The molecule has 1 aromatic heterocycles. The third-order valence-corrected chi connectivity index (χ3v) is 3.70.